The number of hydrogen-bond donors (Lipinski definition) is 2. The summed E-state index contributed by atoms with van der Waals surface area (Å²) >= 11 is 0. The van der Waals surface area contributed by atoms with E-state index in [1.54, 1.807) is 4.90 Å². The molecule has 2 heterocycles. The van der Waals surface area contributed by atoms with E-state index in [1.165, 1.54) is 0 Å². The molecule has 0 radical (unpaired) electrons. The molecule has 2 rings (SSSR count). The predicted octanol–water partition coefficient (Wildman–Crippen LogP) is 0.450. The molecule has 0 aromatic carbocycles. The number of nitrogens with zero attached hydrogens (tertiary/aromatic N) is 1. The van der Waals surface area contributed by atoms with Gasteiger partial charge in [-0.05, 0) is 31.7 Å². The van der Waals surface area contributed by atoms with Gasteiger partial charge >= 0.3 is 5.97 Å². The SMILES string of the molecule is CC1CCN(C(=O)[C@H]2CCCCN2)C1C(=O)O. The number of amides is 1. The van der Waals surface area contributed by atoms with E-state index < -0.39 is 12.0 Å². The smallest absolute Gasteiger partial charge is 0.326 e. The lowest BCUT2D eigenvalue weighted by atomic mass is 10.0. The summed E-state index contributed by atoms with van der Waals surface area (Å²) in [4.78, 5) is 25.0. The topological polar surface area (TPSA) is 69.6 Å². The number of nitrogens with one attached hydrogen (secondary N) is 1. The highest BCUT2D eigenvalue weighted by Gasteiger charge is 2.41. The van der Waals surface area contributed by atoms with Crippen LogP contribution < -0.4 is 5.32 Å². The maximum atomic E-state index is 12.3. The van der Waals surface area contributed by atoms with Crippen molar-refractivity contribution in [3.05, 3.63) is 0 Å². The number of carboxylic acid groups (broad SMARTS) is 1. The Balaban J connectivity index is 2.05. The Morgan fingerprint density at radius 3 is 2.65 bits per heavy atom. The third kappa shape index (κ3) is 2.44. The molecule has 0 spiro atoms. The Bertz CT molecular complexity index is 313. The Labute approximate surface area is 101 Å². The fraction of sp³-hybridized carbons (Fsp3) is 0.833. The zero-order valence-electron chi connectivity index (χ0n) is 10.2. The minimum atomic E-state index is -0.876. The van der Waals surface area contributed by atoms with Gasteiger partial charge in [-0.15, -0.1) is 0 Å². The number of piperidine rings is 1. The lowest BCUT2D eigenvalue weighted by molar-refractivity contribution is -0.150. The minimum Gasteiger partial charge on any atom is -0.480 e. The van der Waals surface area contributed by atoms with E-state index in [0.29, 0.717) is 6.54 Å². The van der Waals surface area contributed by atoms with E-state index >= 15 is 0 Å². The molecule has 0 aromatic heterocycles. The van der Waals surface area contributed by atoms with E-state index in [-0.39, 0.29) is 17.9 Å². The third-order valence-electron chi connectivity index (χ3n) is 3.84. The highest BCUT2D eigenvalue weighted by Crippen LogP contribution is 2.25. The van der Waals surface area contributed by atoms with Gasteiger partial charge in [-0.3, -0.25) is 4.79 Å². The number of aliphatic carboxylic acids is 1. The van der Waals surface area contributed by atoms with Crippen molar-refractivity contribution >= 4 is 11.9 Å². The number of rotatable bonds is 2. The fourth-order valence-corrected chi connectivity index (χ4v) is 2.83. The molecule has 2 N–H and O–H groups in total. The first-order valence-corrected chi connectivity index (χ1v) is 6.38. The maximum absolute atomic E-state index is 12.3. The molecule has 2 saturated heterocycles. The summed E-state index contributed by atoms with van der Waals surface area (Å²) in [6, 6.07) is -0.804. The lowest BCUT2D eigenvalue weighted by Crippen LogP contribution is -2.52. The summed E-state index contributed by atoms with van der Waals surface area (Å²) in [7, 11) is 0. The van der Waals surface area contributed by atoms with Crippen molar-refractivity contribution in [2.45, 2.75) is 44.7 Å². The second kappa shape index (κ2) is 5.04. The number of carbonyl (C=O) groups is 2. The minimum absolute atomic E-state index is 0.0264. The first-order chi connectivity index (χ1) is 8.11. The van der Waals surface area contributed by atoms with E-state index in [0.717, 1.165) is 32.2 Å². The summed E-state index contributed by atoms with van der Waals surface area (Å²) in [5, 5.41) is 12.4. The first kappa shape index (κ1) is 12.4. The molecule has 5 heteroatoms. The molecule has 2 aliphatic heterocycles. The molecule has 1 amide bonds. The van der Waals surface area contributed by atoms with Gasteiger partial charge in [0.05, 0.1) is 6.04 Å². The summed E-state index contributed by atoms with van der Waals surface area (Å²) in [6.07, 6.45) is 3.76. The van der Waals surface area contributed by atoms with E-state index in [2.05, 4.69) is 5.32 Å². The molecule has 3 atom stereocenters. The Morgan fingerprint density at radius 1 is 1.29 bits per heavy atom. The Morgan fingerprint density at radius 2 is 2.06 bits per heavy atom. The molecular formula is C12H20N2O3. The molecular weight excluding hydrogens is 220 g/mol. The first-order valence-electron chi connectivity index (χ1n) is 6.38. The molecule has 2 unspecified atom stereocenters. The van der Waals surface area contributed by atoms with Crippen molar-refractivity contribution in [3.63, 3.8) is 0 Å². The van der Waals surface area contributed by atoms with Crippen molar-refractivity contribution in [2.75, 3.05) is 13.1 Å². The van der Waals surface area contributed by atoms with Gasteiger partial charge in [-0.25, -0.2) is 4.79 Å². The van der Waals surface area contributed by atoms with Crippen LogP contribution in [-0.2, 0) is 9.59 Å². The average Bonchev–Trinajstić information content (AvgIpc) is 2.71. The highest BCUT2D eigenvalue weighted by molar-refractivity contribution is 5.87. The monoisotopic (exact) mass is 240 g/mol. The standard InChI is InChI=1S/C12H20N2O3/c1-8-5-7-14(10(8)12(16)17)11(15)9-4-2-3-6-13-9/h8-10,13H,2-7H2,1H3,(H,16,17)/t8?,9-,10?/m1/s1. The van der Waals surface area contributed by atoms with Gasteiger partial charge in [0, 0.05) is 6.54 Å². The van der Waals surface area contributed by atoms with Gasteiger partial charge in [0.1, 0.15) is 6.04 Å². The third-order valence-corrected chi connectivity index (χ3v) is 3.84. The summed E-state index contributed by atoms with van der Waals surface area (Å²) in [5.41, 5.74) is 0. The van der Waals surface area contributed by atoms with Crippen LogP contribution in [0.4, 0.5) is 0 Å². The van der Waals surface area contributed by atoms with E-state index in [1.807, 2.05) is 6.92 Å². The van der Waals surface area contributed by atoms with Crippen LogP contribution in [0.2, 0.25) is 0 Å². The van der Waals surface area contributed by atoms with E-state index in [9.17, 15) is 14.7 Å². The summed E-state index contributed by atoms with van der Waals surface area (Å²) < 4.78 is 0. The lowest BCUT2D eigenvalue weighted by Gasteiger charge is -2.30. The number of carboxylic acids is 1. The van der Waals surface area contributed by atoms with Gasteiger partial charge in [0.2, 0.25) is 5.91 Å². The van der Waals surface area contributed by atoms with E-state index in [4.69, 9.17) is 0 Å². The van der Waals surface area contributed by atoms with Crippen molar-refractivity contribution in [2.24, 2.45) is 5.92 Å². The van der Waals surface area contributed by atoms with Crippen molar-refractivity contribution in [3.8, 4) is 0 Å². The molecule has 0 bridgehead atoms. The number of carbonyl (C=O) groups excluding carboxylic acids is 1. The predicted molar refractivity (Wildman–Crippen MR) is 62.6 cm³/mol. The fourth-order valence-electron chi connectivity index (χ4n) is 2.83. The van der Waals surface area contributed by atoms with Crippen LogP contribution in [0, 0.1) is 5.92 Å². The molecule has 96 valence electrons. The second-order valence-electron chi connectivity index (χ2n) is 5.08. The number of likely N-dealkylation sites (tertiary alicyclic amines) is 1. The molecule has 17 heavy (non-hydrogen) atoms. The molecule has 0 aliphatic carbocycles. The van der Waals surface area contributed by atoms with Gasteiger partial charge in [-0.1, -0.05) is 13.3 Å². The second-order valence-corrected chi connectivity index (χ2v) is 5.08. The molecule has 2 fully saturated rings. The van der Waals surface area contributed by atoms with Gasteiger partial charge in [0.15, 0.2) is 0 Å². The molecule has 0 saturated carbocycles. The summed E-state index contributed by atoms with van der Waals surface area (Å²) in [5.74, 6) is -0.847. The van der Waals surface area contributed by atoms with Crippen molar-refractivity contribution in [1.82, 2.24) is 10.2 Å². The zero-order chi connectivity index (χ0) is 12.4. The highest BCUT2D eigenvalue weighted by atomic mass is 16.4. The van der Waals surface area contributed by atoms with Gasteiger partial charge in [-0.2, -0.15) is 0 Å². The Kier molecular flexibility index (Phi) is 3.66. The number of hydrogen-bond acceptors (Lipinski definition) is 3. The van der Waals surface area contributed by atoms with Gasteiger partial charge < -0.3 is 15.3 Å². The van der Waals surface area contributed by atoms with Crippen LogP contribution in [0.3, 0.4) is 0 Å². The average molecular weight is 240 g/mol. The van der Waals surface area contributed by atoms with Crippen LogP contribution in [0.15, 0.2) is 0 Å². The van der Waals surface area contributed by atoms with Crippen LogP contribution in [-0.4, -0.2) is 47.1 Å². The normalized spacial score (nSPS) is 33.7. The Hall–Kier alpha value is -1.10. The van der Waals surface area contributed by atoms with Gasteiger partial charge in [0.25, 0.3) is 0 Å². The molecule has 2 aliphatic rings. The van der Waals surface area contributed by atoms with Crippen LogP contribution in [0.25, 0.3) is 0 Å². The largest absolute Gasteiger partial charge is 0.480 e. The molecule has 5 nitrogen and oxygen atoms in total. The molecule has 0 aromatic rings. The van der Waals surface area contributed by atoms with Crippen LogP contribution in [0.1, 0.15) is 32.6 Å². The summed E-state index contributed by atoms with van der Waals surface area (Å²) in [6.45, 7) is 3.34. The zero-order valence-corrected chi connectivity index (χ0v) is 10.2. The maximum Gasteiger partial charge on any atom is 0.326 e. The quantitative estimate of drug-likeness (QED) is 0.735. The van der Waals surface area contributed by atoms with Crippen LogP contribution in [0.5, 0.6) is 0 Å². The van der Waals surface area contributed by atoms with Crippen molar-refractivity contribution < 1.29 is 14.7 Å². The van der Waals surface area contributed by atoms with Crippen molar-refractivity contribution in [1.29, 1.82) is 0 Å². The van der Waals surface area contributed by atoms with Crippen LogP contribution >= 0.6 is 0 Å².